The number of imide groups is 2. The van der Waals surface area contributed by atoms with Crippen molar-refractivity contribution in [2.24, 2.45) is 35.5 Å². The van der Waals surface area contributed by atoms with E-state index >= 15 is 0 Å². The lowest BCUT2D eigenvalue weighted by molar-refractivity contribution is -0.142. The zero-order valence-corrected chi connectivity index (χ0v) is 25.3. The fourth-order valence-corrected chi connectivity index (χ4v) is 7.69. The second-order valence-electron chi connectivity index (χ2n) is 11.2. The summed E-state index contributed by atoms with van der Waals surface area (Å²) in [7, 11) is 3.00. The molecule has 1 saturated carbocycles. The van der Waals surface area contributed by atoms with Gasteiger partial charge in [0, 0.05) is 22.4 Å². The van der Waals surface area contributed by atoms with Gasteiger partial charge in [-0.1, -0.05) is 29.3 Å². The number of ether oxygens (including phenoxy) is 3. The van der Waals surface area contributed by atoms with Crippen LogP contribution in [0.25, 0.3) is 0 Å². The number of halogens is 2. The number of carbonyl (C=O) groups excluding carboxylic acids is 5. The van der Waals surface area contributed by atoms with Crippen molar-refractivity contribution in [3.63, 3.8) is 0 Å². The van der Waals surface area contributed by atoms with Crippen LogP contribution in [-0.4, -0.2) is 43.8 Å². The molecular weight excluding hydrogens is 623 g/mol. The Labute approximate surface area is 267 Å². The molecular formula is C33H24Cl2N2O8. The van der Waals surface area contributed by atoms with Crippen LogP contribution >= 0.6 is 23.2 Å². The van der Waals surface area contributed by atoms with Gasteiger partial charge in [0.25, 0.3) is 0 Å². The Morgan fingerprint density at radius 2 is 1.11 bits per heavy atom. The third kappa shape index (κ3) is 4.34. The summed E-state index contributed by atoms with van der Waals surface area (Å²) >= 11 is 12.3. The van der Waals surface area contributed by atoms with E-state index in [-0.39, 0.29) is 16.3 Å². The summed E-state index contributed by atoms with van der Waals surface area (Å²) in [6.45, 7) is 0. The molecule has 228 valence electrons. The summed E-state index contributed by atoms with van der Waals surface area (Å²) < 4.78 is 16.1. The van der Waals surface area contributed by atoms with Crippen molar-refractivity contribution in [3.8, 4) is 17.2 Å². The van der Waals surface area contributed by atoms with Crippen LogP contribution in [0.5, 0.6) is 17.2 Å². The van der Waals surface area contributed by atoms with Crippen molar-refractivity contribution >= 4 is 64.2 Å². The van der Waals surface area contributed by atoms with Crippen LogP contribution in [0.15, 0.2) is 78.4 Å². The number of esters is 1. The van der Waals surface area contributed by atoms with Gasteiger partial charge in [-0.2, -0.15) is 0 Å². The average Bonchev–Trinajstić information content (AvgIpc) is 3.48. The van der Waals surface area contributed by atoms with Crippen LogP contribution in [0.3, 0.4) is 0 Å². The van der Waals surface area contributed by atoms with E-state index in [1.54, 1.807) is 48.5 Å². The molecule has 0 spiro atoms. The first-order chi connectivity index (χ1) is 21.6. The SMILES string of the molecule is COc1ccc(N2C(=O)[C@@H]3C4C=C(C(=O)Oc5ccc(Cl)cc5Cl)C([C@@H]3C2=O)[C@@H]2C(=O)N(c3ccc(OC)cc3)C(=O)[C@H]42)cc1. The fourth-order valence-electron chi connectivity index (χ4n) is 7.24. The molecule has 3 fully saturated rings. The largest absolute Gasteiger partial charge is 0.497 e. The molecule has 3 aliphatic carbocycles. The predicted octanol–water partition coefficient (Wildman–Crippen LogP) is 4.71. The molecule has 12 heteroatoms. The second kappa shape index (κ2) is 10.7. The maximum Gasteiger partial charge on any atom is 0.339 e. The molecule has 3 aromatic carbocycles. The van der Waals surface area contributed by atoms with Crippen molar-refractivity contribution in [3.05, 3.63) is 88.4 Å². The molecule has 2 bridgehead atoms. The van der Waals surface area contributed by atoms with Gasteiger partial charge in [-0.05, 0) is 66.7 Å². The minimum atomic E-state index is -1.11. The van der Waals surface area contributed by atoms with Gasteiger partial charge in [0.2, 0.25) is 23.6 Å². The highest BCUT2D eigenvalue weighted by Gasteiger charge is 2.71. The molecule has 2 aliphatic heterocycles. The standard InChI is InChI=1S/C33H24Cl2N2O8/c1-43-18-8-4-16(5-9-18)36-29(38)25-20-14-21(33(42)45-23-12-3-15(34)13-22(23)35)24(27(25)31(36)40)28-26(20)30(39)37(32(28)41)17-6-10-19(44-2)11-7-17/h3-14,20,24-28H,1-2H3/t20?,24?,25-,26-,27+,28+/m1/s1. The molecule has 4 amide bonds. The normalized spacial score (nSPS) is 26.5. The molecule has 2 saturated heterocycles. The summed E-state index contributed by atoms with van der Waals surface area (Å²) in [6, 6.07) is 17.2. The Morgan fingerprint density at radius 3 is 1.56 bits per heavy atom. The zero-order valence-electron chi connectivity index (χ0n) is 23.8. The van der Waals surface area contributed by atoms with Crippen LogP contribution in [0.4, 0.5) is 11.4 Å². The average molecular weight is 647 g/mol. The third-order valence-corrected chi connectivity index (χ3v) is 9.65. The van der Waals surface area contributed by atoms with Gasteiger partial charge in [0.1, 0.15) is 17.2 Å². The van der Waals surface area contributed by atoms with Crippen molar-refractivity contribution < 1.29 is 38.2 Å². The van der Waals surface area contributed by atoms with Gasteiger partial charge in [-0.3, -0.25) is 29.0 Å². The molecule has 10 nitrogen and oxygen atoms in total. The molecule has 8 rings (SSSR count). The van der Waals surface area contributed by atoms with Crippen LogP contribution in [0.1, 0.15) is 0 Å². The van der Waals surface area contributed by atoms with Crippen LogP contribution in [0, 0.1) is 35.5 Å². The van der Waals surface area contributed by atoms with Crippen molar-refractivity contribution in [2.45, 2.75) is 0 Å². The highest BCUT2D eigenvalue weighted by atomic mass is 35.5. The molecule has 4 atom stereocenters. The molecule has 3 aromatic rings. The number of nitrogens with zero attached hydrogens (tertiary/aromatic N) is 2. The molecule has 2 heterocycles. The lowest BCUT2D eigenvalue weighted by atomic mass is 9.52. The fraction of sp³-hybridized carbons (Fsp3) is 0.242. The first-order valence-corrected chi connectivity index (χ1v) is 14.8. The number of anilines is 2. The van der Waals surface area contributed by atoms with Gasteiger partial charge in [0.05, 0.1) is 54.3 Å². The maximum absolute atomic E-state index is 14.1. The van der Waals surface area contributed by atoms with E-state index in [0.29, 0.717) is 27.9 Å². The minimum Gasteiger partial charge on any atom is -0.497 e. The predicted molar refractivity (Wildman–Crippen MR) is 162 cm³/mol. The zero-order chi connectivity index (χ0) is 31.7. The lowest BCUT2D eigenvalue weighted by Gasteiger charge is -2.46. The maximum atomic E-state index is 14.1. The molecule has 0 aromatic heterocycles. The Kier molecular flexibility index (Phi) is 6.94. The smallest absolute Gasteiger partial charge is 0.339 e. The van der Waals surface area contributed by atoms with Gasteiger partial charge in [0.15, 0.2) is 0 Å². The molecule has 45 heavy (non-hydrogen) atoms. The summed E-state index contributed by atoms with van der Waals surface area (Å²) in [4.78, 5) is 72.2. The van der Waals surface area contributed by atoms with Crippen molar-refractivity contribution in [2.75, 3.05) is 24.0 Å². The summed E-state index contributed by atoms with van der Waals surface area (Å²) in [5.74, 6) is -7.98. The summed E-state index contributed by atoms with van der Waals surface area (Å²) in [5.41, 5.74) is 0.683. The Morgan fingerprint density at radius 1 is 0.644 bits per heavy atom. The lowest BCUT2D eigenvalue weighted by Crippen LogP contribution is -2.53. The Bertz CT molecular complexity index is 1730. The van der Waals surface area contributed by atoms with E-state index in [4.69, 9.17) is 37.4 Å². The second-order valence-corrected chi connectivity index (χ2v) is 12.1. The molecule has 5 aliphatic rings. The first kappa shape index (κ1) is 29.1. The van der Waals surface area contributed by atoms with Gasteiger partial charge in [-0.15, -0.1) is 0 Å². The van der Waals surface area contributed by atoms with Crippen LogP contribution in [0.2, 0.25) is 10.0 Å². The quantitative estimate of drug-likeness (QED) is 0.215. The summed E-state index contributed by atoms with van der Waals surface area (Å²) in [6.07, 6.45) is 1.53. The monoisotopic (exact) mass is 646 g/mol. The highest BCUT2D eigenvalue weighted by molar-refractivity contribution is 6.35. The van der Waals surface area contributed by atoms with Crippen LogP contribution in [-0.2, 0) is 24.0 Å². The number of amides is 4. The molecule has 0 radical (unpaired) electrons. The third-order valence-electron chi connectivity index (χ3n) is 9.12. The van der Waals surface area contributed by atoms with Crippen molar-refractivity contribution in [1.29, 1.82) is 0 Å². The van der Waals surface area contributed by atoms with E-state index in [2.05, 4.69) is 0 Å². The molecule has 0 N–H and O–H groups in total. The minimum absolute atomic E-state index is 0.0314. The summed E-state index contributed by atoms with van der Waals surface area (Å²) in [5, 5.41) is 0.424. The number of methoxy groups -OCH3 is 2. The van der Waals surface area contributed by atoms with E-state index < -0.39 is 65.1 Å². The number of rotatable bonds is 6. The first-order valence-electron chi connectivity index (χ1n) is 14.1. The van der Waals surface area contributed by atoms with E-state index in [9.17, 15) is 24.0 Å². The van der Waals surface area contributed by atoms with Crippen LogP contribution < -0.4 is 24.0 Å². The van der Waals surface area contributed by atoms with Gasteiger partial charge in [-0.25, -0.2) is 4.79 Å². The van der Waals surface area contributed by atoms with E-state index in [0.717, 1.165) is 9.80 Å². The Hall–Kier alpha value is -4.67. The highest BCUT2D eigenvalue weighted by Crippen LogP contribution is 2.61. The number of hydrogen-bond acceptors (Lipinski definition) is 8. The molecule has 0 unspecified atom stereocenters. The Balaban J connectivity index is 1.31. The number of hydrogen-bond donors (Lipinski definition) is 0. The van der Waals surface area contributed by atoms with E-state index in [1.807, 2.05) is 0 Å². The topological polar surface area (TPSA) is 120 Å². The number of carbonyl (C=O) groups is 5. The number of benzene rings is 3. The van der Waals surface area contributed by atoms with Crippen molar-refractivity contribution in [1.82, 2.24) is 0 Å². The van der Waals surface area contributed by atoms with Gasteiger partial charge < -0.3 is 14.2 Å². The number of allylic oxidation sites excluding steroid dienone is 1. The van der Waals surface area contributed by atoms with E-state index in [1.165, 1.54) is 38.5 Å². The van der Waals surface area contributed by atoms with Gasteiger partial charge >= 0.3 is 5.97 Å².